The molecule has 1 unspecified atom stereocenters. The third kappa shape index (κ3) is 3.95. The fraction of sp³-hybridized carbons (Fsp3) is 0.133. The molecule has 1 heterocycles. The van der Waals surface area contributed by atoms with E-state index in [9.17, 15) is 14.7 Å². The maximum atomic E-state index is 13.5. The number of carbonyl (C=O) groups is 2. The van der Waals surface area contributed by atoms with Gasteiger partial charge < -0.3 is 9.84 Å². The third-order valence-corrected chi connectivity index (χ3v) is 6.29. The van der Waals surface area contributed by atoms with Gasteiger partial charge in [-0.3, -0.25) is 14.5 Å². The van der Waals surface area contributed by atoms with Gasteiger partial charge in [-0.1, -0.05) is 72.3 Å². The van der Waals surface area contributed by atoms with E-state index in [0.717, 1.165) is 16.3 Å². The second-order valence-electron chi connectivity index (χ2n) is 8.54. The molecule has 0 bridgehead atoms. The Bertz CT molecular complexity index is 1460. The predicted octanol–water partition coefficient (Wildman–Crippen LogP) is 6.17. The fourth-order valence-electron chi connectivity index (χ4n) is 4.64. The van der Waals surface area contributed by atoms with E-state index in [2.05, 4.69) is 0 Å². The zero-order chi connectivity index (χ0) is 24.5. The summed E-state index contributed by atoms with van der Waals surface area (Å²) in [5, 5.41) is 13.3. The highest BCUT2D eigenvalue weighted by Crippen LogP contribution is 2.43. The van der Waals surface area contributed by atoms with E-state index in [4.69, 9.17) is 4.74 Å². The summed E-state index contributed by atoms with van der Waals surface area (Å²) in [7, 11) is 0. The van der Waals surface area contributed by atoms with Crippen LogP contribution < -0.4 is 9.64 Å². The number of aryl methyl sites for hydroxylation is 1. The highest BCUT2D eigenvalue weighted by molar-refractivity contribution is 6.51. The molecular weight excluding hydrogens is 438 g/mol. The molecule has 0 saturated carbocycles. The molecule has 35 heavy (non-hydrogen) atoms. The molecule has 0 radical (unpaired) electrons. The van der Waals surface area contributed by atoms with Gasteiger partial charge in [0, 0.05) is 11.3 Å². The molecule has 0 aromatic heterocycles. The topological polar surface area (TPSA) is 66.8 Å². The summed E-state index contributed by atoms with van der Waals surface area (Å²) < 4.78 is 5.69. The molecule has 5 nitrogen and oxygen atoms in total. The van der Waals surface area contributed by atoms with Gasteiger partial charge in [0.05, 0.1) is 18.2 Å². The van der Waals surface area contributed by atoms with Crippen molar-refractivity contribution in [2.24, 2.45) is 0 Å². The number of hydrogen-bond acceptors (Lipinski definition) is 4. The number of amides is 1. The van der Waals surface area contributed by atoms with Crippen LogP contribution in [0.2, 0.25) is 0 Å². The van der Waals surface area contributed by atoms with Crippen molar-refractivity contribution in [3.63, 3.8) is 0 Å². The van der Waals surface area contributed by atoms with E-state index < -0.39 is 17.7 Å². The van der Waals surface area contributed by atoms with Gasteiger partial charge in [0.15, 0.2) is 0 Å². The van der Waals surface area contributed by atoms with Gasteiger partial charge in [0.2, 0.25) is 0 Å². The van der Waals surface area contributed by atoms with Crippen molar-refractivity contribution in [2.45, 2.75) is 19.9 Å². The number of ketones is 1. The normalized spacial score (nSPS) is 17.2. The monoisotopic (exact) mass is 463 g/mol. The number of aliphatic hydroxyl groups excluding tert-OH is 1. The molecule has 1 aliphatic heterocycles. The van der Waals surface area contributed by atoms with E-state index in [1.807, 2.05) is 98.8 Å². The summed E-state index contributed by atoms with van der Waals surface area (Å²) >= 11 is 0. The lowest BCUT2D eigenvalue weighted by atomic mass is 9.93. The van der Waals surface area contributed by atoms with Crippen molar-refractivity contribution in [3.8, 4) is 5.75 Å². The van der Waals surface area contributed by atoms with Crippen LogP contribution in [0.15, 0.2) is 96.6 Å². The van der Waals surface area contributed by atoms with Gasteiger partial charge in [-0.2, -0.15) is 0 Å². The van der Waals surface area contributed by atoms with Gasteiger partial charge in [0.1, 0.15) is 11.5 Å². The molecule has 5 rings (SSSR count). The van der Waals surface area contributed by atoms with Crippen molar-refractivity contribution < 1.29 is 19.4 Å². The Labute approximate surface area is 203 Å². The zero-order valence-corrected chi connectivity index (χ0v) is 19.6. The van der Waals surface area contributed by atoms with Crippen LogP contribution in [0.4, 0.5) is 5.69 Å². The largest absolute Gasteiger partial charge is 0.507 e. The highest BCUT2D eigenvalue weighted by atomic mass is 16.5. The van der Waals surface area contributed by atoms with Crippen molar-refractivity contribution in [1.82, 2.24) is 0 Å². The Morgan fingerprint density at radius 2 is 1.63 bits per heavy atom. The molecule has 1 atom stereocenters. The van der Waals surface area contributed by atoms with Crippen molar-refractivity contribution >= 4 is 33.9 Å². The SMILES string of the molecule is CCOc1cccc(C2/C(=C(/O)c3cccc4ccccc34)C(=O)C(=O)N2c2ccc(C)cc2)c1. The molecule has 174 valence electrons. The second kappa shape index (κ2) is 9.11. The van der Waals surface area contributed by atoms with Gasteiger partial charge in [0.25, 0.3) is 11.7 Å². The molecule has 0 aliphatic carbocycles. The smallest absolute Gasteiger partial charge is 0.300 e. The number of aliphatic hydroxyl groups is 1. The lowest BCUT2D eigenvalue weighted by Gasteiger charge is -2.26. The maximum Gasteiger partial charge on any atom is 0.300 e. The molecule has 1 N–H and O–H groups in total. The molecule has 1 amide bonds. The molecular formula is C30H25NO4. The van der Waals surface area contributed by atoms with Crippen molar-refractivity contribution in [2.75, 3.05) is 11.5 Å². The number of benzene rings is 4. The summed E-state index contributed by atoms with van der Waals surface area (Å²) in [5.74, 6) is -0.962. The lowest BCUT2D eigenvalue weighted by Crippen LogP contribution is -2.29. The Kier molecular flexibility index (Phi) is 5.83. The van der Waals surface area contributed by atoms with Crippen LogP contribution in [0.3, 0.4) is 0 Å². The van der Waals surface area contributed by atoms with Crippen LogP contribution in [-0.2, 0) is 9.59 Å². The van der Waals surface area contributed by atoms with Gasteiger partial charge in [-0.15, -0.1) is 0 Å². The number of ether oxygens (including phenoxy) is 1. The van der Waals surface area contributed by atoms with Crippen molar-refractivity contribution in [3.05, 3.63) is 113 Å². The minimum atomic E-state index is -0.808. The minimum Gasteiger partial charge on any atom is -0.507 e. The zero-order valence-electron chi connectivity index (χ0n) is 19.6. The average molecular weight is 464 g/mol. The van der Waals surface area contributed by atoms with Crippen LogP contribution in [0.25, 0.3) is 16.5 Å². The van der Waals surface area contributed by atoms with E-state index in [0.29, 0.717) is 29.2 Å². The van der Waals surface area contributed by atoms with Crippen LogP contribution in [0.5, 0.6) is 5.75 Å². The molecule has 1 saturated heterocycles. The van der Waals surface area contributed by atoms with E-state index in [1.165, 1.54) is 4.90 Å². The van der Waals surface area contributed by atoms with Crippen LogP contribution in [-0.4, -0.2) is 23.4 Å². The number of Topliss-reactive ketones (excluding diaryl/α,β-unsaturated/α-hetero) is 1. The Morgan fingerprint density at radius 1 is 0.914 bits per heavy atom. The first-order valence-electron chi connectivity index (χ1n) is 11.6. The molecule has 1 aliphatic rings. The summed E-state index contributed by atoms with van der Waals surface area (Å²) in [6, 6.07) is 27.1. The van der Waals surface area contributed by atoms with Gasteiger partial charge in [-0.05, 0) is 54.4 Å². The first-order valence-corrected chi connectivity index (χ1v) is 11.6. The predicted molar refractivity (Wildman–Crippen MR) is 138 cm³/mol. The van der Waals surface area contributed by atoms with Gasteiger partial charge >= 0.3 is 0 Å². The van der Waals surface area contributed by atoms with E-state index >= 15 is 0 Å². The number of nitrogens with zero attached hydrogens (tertiary/aromatic N) is 1. The number of carbonyl (C=O) groups excluding carboxylic acids is 2. The standard InChI is InChI=1S/C30H25NO4/c1-3-35-23-11-6-10-21(18-23)27-26(28(32)25-13-7-9-20-8-4-5-12-24(20)25)29(33)30(34)31(27)22-16-14-19(2)15-17-22/h4-18,27,32H,3H2,1-2H3/b28-26-. The summed E-state index contributed by atoms with van der Waals surface area (Å²) in [6.45, 7) is 4.34. The Hall–Kier alpha value is -4.38. The van der Waals surface area contributed by atoms with E-state index in [1.54, 1.807) is 6.07 Å². The van der Waals surface area contributed by atoms with Crippen LogP contribution in [0.1, 0.15) is 29.7 Å². The third-order valence-electron chi connectivity index (χ3n) is 6.29. The summed E-state index contributed by atoms with van der Waals surface area (Å²) in [5.41, 5.74) is 2.87. The minimum absolute atomic E-state index is 0.0561. The van der Waals surface area contributed by atoms with Gasteiger partial charge in [-0.25, -0.2) is 0 Å². The van der Waals surface area contributed by atoms with E-state index in [-0.39, 0.29) is 11.3 Å². The first-order chi connectivity index (χ1) is 17.0. The number of fused-ring (bicyclic) bond motifs is 1. The quantitative estimate of drug-likeness (QED) is 0.218. The molecule has 4 aromatic carbocycles. The first kappa shape index (κ1) is 22.4. The van der Waals surface area contributed by atoms with Crippen molar-refractivity contribution in [1.29, 1.82) is 0 Å². The number of anilines is 1. The summed E-state index contributed by atoms with van der Waals surface area (Å²) in [6.07, 6.45) is 0. The fourth-order valence-corrected chi connectivity index (χ4v) is 4.64. The number of hydrogen-bond donors (Lipinski definition) is 1. The molecule has 4 aromatic rings. The maximum absolute atomic E-state index is 13.5. The molecule has 1 fully saturated rings. The van der Waals surface area contributed by atoms with Crippen LogP contribution >= 0.6 is 0 Å². The molecule has 0 spiro atoms. The Morgan fingerprint density at radius 3 is 2.40 bits per heavy atom. The highest BCUT2D eigenvalue weighted by Gasteiger charge is 2.47. The summed E-state index contributed by atoms with van der Waals surface area (Å²) in [4.78, 5) is 28.3. The number of rotatable bonds is 5. The molecule has 5 heteroatoms. The lowest BCUT2D eigenvalue weighted by molar-refractivity contribution is -0.132. The Balaban J connectivity index is 1.76. The second-order valence-corrected chi connectivity index (χ2v) is 8.54. The average Bonchev–Trinajstić information content (AvgIpc) is 3.14. The van der Waals surface area contributed by atoms with Crippen LogP contribution in [0, 0.1) is 6.92 Å².